The summed E-state index contributed by atoms with van der Waals surface area (Å²) in [6, 6.07) is 3.78. The molecule has 0 saturated carbocycles. The minimum Gasteiger partial charge on any atom is -0.399 e. The number of nitrogens with two attached hydrogens (primary N) is 1. The number of hydrogen-bond acceptors (Lipinski definition) is 3. The van der Waals surface area contributed by atoms with Gasteiger partial charge in [-0.15, -0.1) is 0 Å². The average Bonchev–Trinajstić information content (AvgIpc) is 2.24. The second-order valence-electron chi connectivity index (χ2n) is 4.39. The first-order valence-electron chi connectivity index (χ1n) is 5.66. The van der Waals surface area contributed by atoms with E-state index in [1.165, 1.54) is 12.1 Å². The normalized spacial score (nSPS) is 11.9. The van der Waals surface area contributed by atoms with Gasteiger partial charge in [0.15, 0.2) is 0 Å². The van der Waals surface area contributed by atoms with Crippen molar-refractivity contribution in [3.63, 3.8) is 0 Å². The number of rotatable bonds is 5. The molecule has 0 bridgehead atoms. The molecule has 1 rings (SSSR count). The lowest BCUT2D eigenvalue weighted by atomic mass is 10.1. The molecule has 1 aromatic carbocycles. The Balaban J connectivity index is 2.70. The van der Waals surface area contributed by atoms with E-state index in [1.54, 1.807) is 0 Å². The van der Waals surface area contributed by atoms with Crippen LogP contribution in [0.25, 0.3) is 0 Å². The Bertz CT molecular complexity index is 389. The van der Waals surface area contributed by atoms with Gasteiger partial charge in [0.25, 0.3) is 0 Å². The summed E-state index contributed by atoms with van der Waals surface area (Å²) in [5.41, 5.74) is 4.86. The fourth-order valence-electron chi connectivity index (χ4n) is 1.57. The number of nitrogen functional groups attached to an aromatic ring is 1. The maximum Gasteiger partial charge on any atom is 0.418 e. The van der Waals surface area contributed by atoms with Crippen molar-refractivity contribution < 1.29 is 13.2 Å². The predicted molar refractivity (Wildman–Crippen MR) is 67.5 cm³/mol. The molecule has 6 heteroatoms. The van der Waals surface area contributed by atoms with Gasteiger partial charge in [0.05, 0.1) is 5.56 Å². The number of alkyl halides is 3. The van der Waals surface area contributed by atoms with E-state index in [4.69, 9.17) is 5.73 Å². The molecule has 0 radical (unpaired) electrons. The monoisotopic (exact) mass is 261 g/mol. The average molecular weight is 261 g/mol. The molecule has 0 saturated heterocycles. The van der Waals surface area contributed by atoms with Gasteiger partial charge in [-0.3, -0.25) is 0 Å². The van der Waals surface area contributed by atoms with E-state index in [9.17, 15) is 13.2 Å². The van der Waals surface area contributed by atoms with Crippen molar-refractivity contribution in [1.82, 2.24) is 4.90 Å². The highest BCUT2D eigenvalue weighted by molar-refractivity contribution is 5.59. The lowest BCUT2D eigenvalue weighted by Crippen LogP contribution is -2.17. The third kappa shape index (κ3) is 4.44. The van der Waals surface area contributed by atoms with Gasteiger partial charge in [-0.25, -0.2) is 0 Å². The molecule has 0 amide bonds. The van der Waals surface area contributed by atoms with E-state index < -0.39 is 11.7 Å². The second kappa shape index (κ2) is 5.95. The van der Waals surface area contributed by atoms with Gasteiger partial charge < -0.3 is 16.0 Å². The summed E-state index contributed by atoms with van der Waals surface area (Å²) in [6.07, 6.45) is -3.62. The highest BCUT2D eigenvalue weighted by atomic mass is 19.4. The first-order chi connectivity index (χ1) is 8.30. The van der Waals surface area contributed by atoms with Crippen molar-refractivity contribution in [3.8, 4) is 0 Å². The van der Waals surface area contributed by atoms with Gasteiger partial charge in [-0.05, 0) is 45.3 Å². The molecule has 0 heterocycles. The lowest BCUT2D eigenvalue weighted by molar-refractivity contribution is -0.136. The van der Waals surface area contributed by atoms with Crippen LogP contribution in [-0.4, -0.2) is 32.1 Å². The van der Waals surface area contributed by atoms with E-state index >= 15 is 0 Å². The largest absolute Gasteiger partial charge is 0.418 e. The van der Waals surface area contributed by atoms with E-state index in [1.807, 2.05) is 19.0 Å². The van der Waals surface area contributed by atoms with Crippen molar-refractivity contribution in [1.29, 1.82) is 0 Å². The molecule has 102 valence electrons. The van der Waals surface area contributed by atoms with Crippen LogP contribution in [-0.2, 0) is 6.18 Å². The molecule has 0 aliphatic rings. The Morgan fingerprint density at radius 1 is 1.28 bits per heavy atom. The lowest BCUT2D eigenvalue weighted by Gasteiger charge is -2.16. The smallest absolute Gasteiger partial charge is 0.399 e. The summed E-state index contributed by atoms with van der Waals surface area (Å²) in [5.74, 6) is 0. The standard InChI is InChI=1S/C12H18F3N3/c1-18(2)7-3-6-17-11-5-4-9(16)8-10(11)12(13,14)15/h4-5,8,17H,3,6-7,16H2,1-2H3. The predicted octanol–water partition coefficient (Wildman–Crippen LogP) is 2.65. The van der Waals surface area contributed by atoms with E-state index in [0.717, 1.165) is 19.0 Å². The number of hydrogen-bond donors (Lipinski definition) is 2. The van der Waals surface area contributed by atoms with Gasteiger partial charge in [-0.1, -0.05) is 0 Å². The number of nitrogens with one attached hydrogen (secondary N) is 1. The molecular weight excluding hydrogens is 243 g/mol. The minimum absolute atomic E-state index is 0.0791. The summed E-state index contributed by atoms with van der Waals surface area (Å²) >= 11 is 0. The van der Waals surface area contributed by atoms with Crippen molar-refractivity contribution in [2.45, 2.75) is 12.6 Å². The highest BCUT2D eigenvalue weighted by Gasteiger charge is 2.33. The number of benzene rings is 1. The summed E-state index contributed by atoms with van der Waals surface area (Å²) in [6.45, 7) is 1.31. The Labute approximate surface area is 105 Å². The Morgan fingerprint density at radius 3 is 2.50 bits per heavy atom. The van der Waals surface area contributed by atoms with Crippen LogP contribution in [0.5, 0.6) is 0 Å². The molecule has 18 heavy (non-hydrogen) atoms. The van der Waals surface area contributed by atoms with Gasteiger partial charge in [-0.2, -0.15) is 13.2 Å². The molecule has 0 aliphatic carbocycles. The van der Waals surface area contributed by atoms with Crippen LogP contribution in [0, 0.1) is 0 Å². The second-order valence-corrected chi connectivity index (χ2v) is 4.39. The topological polar surface area (TPSA) is 41.3 Å². The van der Waals surface area contributed by atoms with Gasteiger partial charge in [0.1, 0.15) is 0 Å². The van der Waals surface area contributed by atoms with Crippen LogP contribution in [0.4, 0.5) is 24.5 Å². The van der Waals surface area contributed by atoms with Crippen LogP contribution >= 0.6 is 0 Å². The first-order valence-corrected chi connectivity index (χ1v) is 5.66. The molecule has 0 aromatic heterocycles. The molecule has 1 aromatic rings. The van der Waals surface area contributed by atoms with E-state index in [2.05, 4.69) is 5.32 Å². The van der Waals surface area contributed by atoms with E-state index in [0.29, 0.717) is 6.54 Å². The van der Waals surface area contributed by atoms with Crippen molar-refractivity contribution >= 4 is 11.4 Å². The Hall–Kier alpha value is -1.43. The van der Waals surface area contributed by atoms with Gasteiger partial charge in [0, 0.05) is 17.9 Å². The molecule has 0 aliphatic heterocycles. The molecule has 0 fully saturated rings. The van der Waals surface area contributed by atoms with Gasteiger partial charge >= 0.3 is 6.18 Å². The maximum absolute atomic E-state index is 12.8. The zero-order valence-electron chi connectivity index (χ0n) is 10.5. The number of anilines is 2. The first kappa shape index (κ1) is 14.6. The third-order valence-electron chi connectivity index (χ3n) is 2.45. The number of nitrogens with zero attached hydrogens (tertiary/aromatic N) is 1. The van der Waals surface area contributed by atoms with Crippen LogP contribution in [0.15, 0.2) is 18.2 Å². The van der Waals surface area contributed by atoms with Gasteiger partial charge in [0.2, 0.25) is 0 Å². The molecule has 3 N–H and O–H groups in total. The summed E-state index contributed by atoms with van der Waals surface area (Å²) in [7, 11) is 3.84. The SMILES string of the molecule is CN(C)CCCNc1ccc(N)cc1C(F)(F)F. The van der Waals surface area contributed by atoms with Crippen molar-refractivity contribution in [2.75, 3.05) is 38.2 Å². The summed E-state index contributed by atoms with van der Waals surface area (Å²) in [4.78, 5) is 1.98. The molecule has 0 unspecified atom stereocenters. The summed E-state index contributed by atoms with van der Waals surface area (Å²) in [5, 5.41) is 2.80. The summed E-state index contributed by atoms with van der Waals surface area (Å²) < 4.78 is 38.3. The minimum atomic E-state index is -4.39. The number of halogens is 3. The molecule has 3 nitrogen and oxygen atoms in total. The maximum atomic E-state index is 12.8. The fraction of sp³-hybridized carbons (Fsp3) is 0.500. The quantitative estimate of drug-likeness (QED) is 0.632. The van der Waals surface area contributed by atoms with Crippen LogP contribution in [0.1, 0.15) is 12.0 Å². The molecule has 0 atom stereocenters. The Kier molecular flexibility index (Phi) is 4.84. The fourth-order valence-corrected chi connectivity index (χ4v) is 1.57. The third-order valence-corrected chi connectivity index (χ3v) is 2.45. The van der Waals surface area contributed by atoms with Crippen molar-refractivity contribution in [3.05, 3.63) is 23.8 Å². The van der Waals surface area contributed by atoms with Crippen LogP contribution < -0.4 is 11.1 Å². The molecular formula is C12H18F3N3. The van der Waals surface area contributed by atoms with E-state index in [-0.39, 0.29) is 11.4 Å². The molecule has 0 spiro atoms. The van der Waals surface area contributed by atoms with Crippen molar-refractivity contribution in [2.24, 2.45) is 0 Å². The Morgan fingerprint density at radius 2 is 1.94 bits per heavy atom. The van der Waals surface area contributed by atoms with Crippen LogP contribution in [0.2, 0.25) is 0 Å². The highest BCUT2D eigenvalue weighted by Crippen LogP contribution is 2.35. The zero-order chi connectivity index (χ0) is 13.8. The van der Waals surface area contributed by atoms with Crippen LogP contribution in [0.3, 0.4) is 0 Å². The zero-order valence-corrected chi connectivity index (χ0v) is 10.5.